The van der Waals surface area contributed by atoms with E-state index in [9.17, 15) is 0 Å². The monoisotopic (exact) mass is 310 g/mol. The highest BCUT2D eigenvalue weighted by atomic mass is 16.5. The average Bonchev–Trinajstić information content (AvgIpc) is 2.57. The van der Waals surface area contributed by atoms with Crippen LogP contribution in [0.1, 0.15) is 24.0 Å². The molecule has 23 heavy (non-hydrogen) atoms. The molecule has 4 nitrogen and oxygen atoms in total. The number of anilines is 1. The Morgan fingerprint density at radius 1 is 1.17 bits per heavy atom. The van der Waals surface area contributed by atoms with E-state index in [4.69, 9.17) is 14.9 Å². The Bertz CT molecular complexity index is 652. The van der Waals surface area contributed by atoms with Crippen LogP contribution in [0.3, 0.4) is 0 Å². The Morgan fingerprint density at radius 3 is 2.65 bits per heavy atom. The lowest BCUT2D eigenvalue weighted by Crippen LogP contribution is -2.40. The lowest BCUT2D eigenvalue weighted by molar-refractivity contribution is -0.0150. The largest absolute Gasteiger partial charge is 0.497 e. The Labute approximate surface area is 136 Å². The summed E-state index contributed by atoms with van der Waals surface area (Å²) in [5.41, 5.74) is 3.04. The fraction of sp³-hybridized carbons (Fsp3) is 0.316. The van der Waals surface area contributed by atoms with Gasteiger partial charge in [0.1, 0.15) is 5.75 Å². The molecule has 0 atom stereocenters. The van der Waals surface area contributed by atoms with Gasteiger partial charge in [0.15, 0.2) is 0 Å². The Balaban J connectivity index is 1.48. The highest BCUT2D eigenvalue weighted by Gasteiger charge is 2.30. The van der Waals surface area contributed by atoms with E-state index in [1.54, 1.807) is 7.11 Å². The van der Waals surface area contributed by atoms with E-state index in [1.807, 2.05) is 36.4 Å². The van der Waals surface area contributed by atoms with Crippen LogP contribution in [0.2, 0.25) is 0 Å². The van der Waals surface area contributed by atoms with E-state index in [0.717, 1.165) is 29.8 Å². The first-order chi connectivity index (χ1) is 11.3. The normalized spacial score (nSPS) is 19.7. The van der Waals surface area contributed by atoms with E-state index in [-0.39, 0.29) is 0 Å². The minimum absolute atomic E-state index is 0.314. The van der Waals surface area contributed by atoms with Gasteiger partial charge >= 0.3 is 0 Å². The van der Waals surface area contributed by atoms with Crippen molar-refractivity contribution in [1.29, 1.82) is 5.41 Å². The third kappa shape index (κ3) is 3.90. The quantitative estimate of drug-likeness (QED) is 0.764. The van der Waals surface area contributed by atoms with Gasteiger partial charge in [-0.3, -0.25) is 0 Å². The Hall–Kier alpha value is -2.33. The summed E-state index contributed by atoms with van der Waals surface area (Å²) in [5, 5.41) is 11.0. The predicted molar refractivity (Wildman–Crippen MR) is 92.5 cm³/mol. The summed E-state index contributed by atoms with van der Waals surface area (Å²) in [6.45, 7) is 0.673. The minimum atomic E-state index is 0.314. The van der Waals surface area contributed by atoms with Gasteiger partial charge in [0.25, 0.3) is 0 Å². The molecule has 0 heterocycles. The first-order valence-corrected chi connectivity index (χ1v) is 7.89. The van der Waals surface area contributed by atoms with Crippen LogP contribution < -0.4 is 10.1 Å². The fourth-order valence-electron chi connectivity index (χ4n) is 2.75. The molecule has 3 rings (SSSR count). The van der Waals surface area contributed by atoms with Crippen molar-refractivity contribution in [2.75, 3.05) is 12.4 Å². The maximum absolute atomic E-state index is 7.53. The number of hydrogen-bond donors (Lipinski definition) is 2. The predicted octanol–water partition coefficient (Wildman–Crippen LogP) is 3.85. The molecule has 120 valence electrons. The van der Waals surface area contributed by atoms with Crippen molar-refractivity contribution in [3.05, 3.63) is 59.7 Å². The van der Waals surface area contributed by atoms with E-state index < -0.39 is 0 Å². The van der Waals surface area contributed by atoms with E-state index in [1.165, 1.54) is 11.8 Å². The number of ether oxygens (including phenoxy) is 2. The van der Waals surface area contributed by atoms with Crippen molar-refractivity contribution >= 4 is 11.9 Å². The molecule has 0 saturated heterocycles. The summed E-state index contributed by atoms with van der Waals surface area (Å²) >= 11 is 0. The summed E-state index contributed by atoms with van der Waals surface area (Å²) in [6, 6.07) is 16.4. The molecule has 2 N–H and O–H groups in total. The molecule has 1 aliphatic carbocycles. The third-order valence-electron chi connectivity index (χ3n) is 4.20. The number of hydrogen-bond acceptors (Lipinski definition) is 4. The summed E-state index contributed by atoms with van der Waals surface area (Å²) < 4.78 is 11.1. The highest BCUT2D eigenvalue weighted by molar-refractivity contribution is 5.86. The summed E-state index contributed by atoms with van der Waals surface area (Å²) in [4.78, 5) is 0. The number of rotatable bonds is 7. The van der Waals surface area contributed by atoms with Crippen LogP contribution in [0.4, 0.5) is 5.69 Å². The molecule has 0 radical (unpaired) electrons. The van der Waals surface area contributed by atoms with Gasteiger partial charge < -0.3 is 20.2 Å². The van der Waals surface area contributed by atoms with Crippen LogP contribution in [-0.4, -0.2) is 25.5 Å². The summed E-state index contributed by atoms with van der Waals surface area (Å²) in [7, 11) is 1.64. The minimum Gasteiger partial charge on any atom is -0.497 e. The molecule has 0 aromatic heterocycles. The molecule has 0 amide bonds. The zero-order valence-electron chi connectivity index (χ0n) is 13.3. The van der Waals surface area contributed by atoms with Crippen LogP contribution in [0.25, 0.3) is 0 Å². The van der Waals surface area contributed by atoms with Gasteiger partial charge in [-0.05, 0) is 36.6 Å². The molecule has 2 aromatic rings. The molecule has 1 fully saturated rings. The van der Waals surface area contributed by atoms with Gasteiger partial charge in [-0.2, -0.15) is 0 Å². The molecule has 0 spiro atoms. The van der Waals surface area contributed by atoms with Crippen molar-refractivity contribution in [3.8, 4) is 5.75 Å². The molecule has 0 unspecified atom stereocenters. The summed E-state index contributed by atoms with van der Waals surface area (Å²) in [5.74, 6) is 0.770. The van der Waals surface area contributed by atoms with Crippen LogP contribution in [0, 0.1) is 5.41 Å². The van der Waals surface area contributed by atoms with Gasteiger partial charge in [-0.1, -0.05) is 30.3 Å². The zero-order valence-corrected chi connectivity index (χ0v) is 13.3. The first kappa shape index (κ1) is 15.6. The van der Waals surface area contributed by atoms with Crippen LogP contribution >= 0.6 is 0 Å². The van der Waals surface area contributed by atoms with Crippen LogP contribution in [-0.2, 0) is 11.3 Å². The van der Waals surface area contributed by atoms with E-state index >= 15 is 0 Å². The molecule has 2 aromatic carbocycles. The van der Waals surface area contributed by atoms with Crippen molar-refractivity contribution in [1.82, 2.24) is 0 Å². The molecular weight excluding hydrogens is 288 g/mol. The van der Waals surface area contributed by atoms with Crippen molar-refractivity contribution in [2.45, 2.75) is 31.6 Å². The van der Waals surface area contributed by atoms with Gasteiger partial charge in [0, 0.05) is 23.5 Å². The molecule has 1 saturated carbocycles. The van der Waals surface area contributed by atoms with Gasteiger partial charge in [0.05, 0.1) is 19.8 Å². The van der Waals surface area contributed by atoms with Crippen molar-refractivity contribution < 1.29 is 9.47 Å². The maximum Gasteiger partial charge on any atom is 0.119 e. The summed E-state index contributed by atoms with van der Waals surface area (Å²) in [6.07, 6.45) is 3.66. The Morgan fingerprint density at radius 2 is 1.96 bits per heavy atom. The molecule has 0 aliphatic heterocycles. The van der Waals surface area contributed by atoms with Gasteiger partial charge in [-0.15, -0.1) is 0 Å². The molecule has 4 heteroatoms. The number of methoxy groups -OCH3 is 1. The topological polar surface area (TPSA) is 54.3 Å². The highest BCUT2D eigenvalue weighted by Crippen LogP contribution is 2.29. The molecule has 1 aliphatic rings. The lowest BCUT2D eigenvalue weighted by atomic mass is 9.88. The van der Waals surface area contributed by atoms with Gasteiger partial charge in [0.2, 0.25) is 0 Å². The third-order valence-corrected chi connectivity index (χ3v) is 4.20. The second kappa shape index (κ2) is 7.29. The van der Waals surface area contributed by atoms with Crippen LogP contribution in [0.5, 0.6) is 5.75 Å². The first-order valence-electron chi connectivity index (χ1n) is 7.89. The van der Waals surface area contributed by atoms with Crippen molar-refractivity contribution in [3.63, 3.8) is 0 Å². The standard InChI is InChI=1S/C19H22N2O2/c1-22-17-7-8-19(15(9-17)12-20)21-16-10-18(11-16)23-13-14-5-3-2-4-6-14/h2-9,12,16,18,20-21H,10-11,13H2,1H3. The van der Waals surface area contributed by atoms with Crippen molar-refractivity contribution in [2.24, 2.45) is 0 Å². The van der Waals surface area contributed by atoms with E-state index in [0.29, 0.717) is 18.8 Å². The second-order valence-corrected chi connectivity index (χ2v) is 5.83. The van der Waals surface area contributed by atoms with E-state index in [2.05, 4.69) is 17.4 Å². The number of benzene rings is 2. The Kier molecular flexibility index (Phi) is 4.93. The SMILES string of the molecule is COc1ccc(NC2CC(OCc3ccccc3)C2)c(C=N)c1. The molecule has 0 bridgehead atoms. The lowest BCUT2D eigenvalue weighted by Gasteiger charge is -2.36. The van der Waals surface area contributed by atoms with Crippen LogP contribution in [0.15, 0.2) is 48.5 Å². The smallest absolute Gasteiger partial charge is 0.119 e. The maximum atomic E-state index is 7.53. The fourth-order valence-corrected chi connectivity index (χ4v) is 2.75. The zero-order chi connectivity index (χ0) is 16.1. The number of nitrogens with one attached hydrogen (secondary N) is 2. The molecular formula is C19H22N2O2. The van der Waals surface area contributed by atoms with Gasteiger partial charge in [-0.25, -0.2) is 0 Å². The average molecular weight is 310 g/mol. The second-order valence-electron chi connectivity index (χ2n) is 5.83.